The number of amides is 3. The largest absolute Gasteiger partial charge is 0.489 e. The molecule has 2 bridgehead atoms. The summed E-state index contributed by atoms with van der Waals surface area (Å²) in [4.78, 5) is 31.7. The monoisotopic (exact) mass is 614 g/mol. The molecule has 4 N–H and O–H groups in total. The molecule has 1 unspecified atom stereocenters. The number of carbonyl (C=O) groups excluding carboxylic acids is 2. The first-order chi connectivity index (χ1) is 20.1. The maximum absolute atomic E-state index is 12.7. The van der Waals surface area contributed by atoms with Crippen molar-refractivity contribution in [2.24, 2.45) is 0 Å². The second-order valence-electron chi connectivity index (χ2n) is 11.8. The zero-order chi connectivity index (χ0) is 31.4. The van der Waals surface area contributed by atoms with Crippen molar-refractivity contribution in [2.75, 3.05) is 29.3 Å². The number of nitrogens with zero attached hydrogens (tertiary/aromatic N) is 3. The van der Waals surface area contributed by atoms with Crippen molar-refractivity contribution in [3.8, 4) is 5.75 Å². The van der Waals surface area contributed by atoms with Gasteiger partial charge in [0.05, 0.1) is 12.5 Å². The second kappa shape index (κ2) is 13.1. The van der Waals surface area contributed by atoms with Crippen LogP contribution in [0.5, 0.6) is 5.75 Å². The minimum atomic E-state index is -3.67. The molecule has 4 heterocycles. The third-order valence-electron chi connectivity index (χ3n) is 7.22. The highest BCUT2D eigenvalue weighted by molar-refractivity contribution is 7.85. The topological polar surface area (TPSA) is 176 Å². The Morgan fingerprint density at radius 2 is 1.58 bits per heavy atom. The fraction of sp³-hybridized carbons (Fsp3) is 0.448. The summed E-state index contributed by atoms with van der Waals surface area (Å²) in [6.45, 7) is 5.99. The summed E-state index contributed by atoms with van der Waals surface area (Å²) < 4.78 is 37.3. The van der Waals surface area contributed by atoms with Crippen LogP contribution < -0.4 is 20.7 Å². The molecule has 2 saturated heterocycles. The van der Waals surface area contributed by atoms with E-state index in [1.807, 2.05) is 20.8 Å². The molecule has 1 aromatic carbocycles. The van der Waals surface area contributed by atoms with E-state index < -0.39 is 16.1 Å². The van der Waals surface area contributed by atoms with E-state index in [1.54, 1.807) is 48.7 Å². The van der Waals surface area contributed by atoms with E-state index in [1.165, 1.54) is 12.8 Å². The van der Waals surface area contributed by atoms with Gasteiger partial charge in [-0.05, 0) is 69.1 Å². The van der Waals surface area contributed by atoms with Gasteiger partial charge in [0.15, 0.2) is 5.82 Å². The van der Waals surface area contributed by atoms with E-state index in [9.17, 15) is 18.0 Å². The Morgan fingerprint density at radius 3 is 2.09 bits per heavy atom. The van der Waals surface area contributed by atoms with Gasteiger partial charge in [-0.25, -0.2) is 9.78 Å². The van der Waals surface area contributed by atoms with E-state index in [0.29, 0.717) is 52.7 Å². The highest BCUT2D eigenvalue weighted by atomic mass is 32.2. The summed E-state index contributed by atoms with van der Waals surface area (Å²) in [5.41, 5.74) is 1.23. The number of carbonyl (C=O) groups is 2. The molecule has 0 aliphatic carbocycles. The van der Waals surface area contributed by atoms with Crippen LogP contribution in [0.2, 0.25) is 0 Å². The van der Waals surface area contributed by atoms with E-state index in [0.717, 1.165) is 12.8 Å². The molecular formula is C29H38N6O7S. The lowest BCUT2D eigenvalue weighted by Gasteiger charge is -2.36. The first-order valence-electron chi connectivity index (χ1n) is 13.9. The smallest absolute Gasteiger partial charge is 0.324 e. The number of benzene rings is 1. The Bertz CT molecular complexity index is 1500. The number of nitrogens with one attached hydrogen (secondary N) is 3. The number of anilines is 3. The zero-order valence-corrected chi connectivity index (χ0v) is 25.6. The number of rotatable bonds is 6. The van der Waals surface area contributed by atoms with Crippen molar-refractivity contribution in [3.63, 3.8) is 0 Å². The van der Waals surface area contributed by atoms with Crippen LogP contribution in [0.3, 0.4) is 0 Å². The number of fused-ring (bicyclic) bond motifs is 2. The van der Waals surface area contributed by atoms with Gasteiger partial charge in [0.2, 0.25) is 0 Å². The number of hydrogen-bond donors (Lipinski definition) is 4. The van der Waals surface area contributed by atoms with Crippen LogP contribution in [0.25, 0.3) is 0 Å². The van der Waals surface area contributed by atoms with Crippen LogP contribution in [0.15, 0.2) is 53.2 Å². The van der Waals surface area contributed by atoms with Crippen LogP contribution in [0.1, 0.15) is 62.7 Å². The van der Waals surface area contributed by atoms with Gasteiger partial charge >= 0.3 is 6.03 Å². The number of urea groups is 1. The lowest BCUT2D eigenvalue weighted by atomic mass is 9.93. The van der Waals surface area contributed by atoms with Gasteiger partial charge < -0.3 is 24.8 Å². The van der Waals surface area contributed by atoms with E-state index in [4.69, 9.17) is 13.8 Å². The van der Waals surface area contributed by atoms with Crippen molar-refractivity contribution in [1.29, 1.82) is 0 Å². The summed E-state index contributed by atoms with van der Waals surface area (Å²) in [6.07, 6.45) is 7.05. The molecule has 232 valence electrons. The van der Waals surface area contributed by atoms with Gasteiger partial charge in [-0.3, -0.25) is 14.7 Å². The molecule has 2 aliphatic rings. The van der Waals surface area contributed by atoms with Gasteiger partial charge in [-0.1, -0.05) is 25.9 Å². The Labute approximate surface area is 251 Å². The van der Waals surface area contributed by atoms with E-state index in [-0.39, 0.29) is 17.4 Å². The predicted octanol–water partition coefficient (Wildman–Crippen LogP) is 4.77. The highest BCUT2D eigenvalue weighted by Crippen LogP contribution is 2.35. The quantitative estimate of drug-likeness (QED) is 0.283. The van der Waals surface area contributed by atoms with Crippen LogP contribution in [0.4, 0.5) is 22.0 Å². The average Bonchev–Trinajstić information content (AvgIpc) is 3.45. The van der Waals surface area contributed by atoms with Gasteiger partial charge in [0.25, 0.3) is 16.0 Å². The molecule has 2 aromatic heterocycles. The Kier molecular flexibility index (Phi) is 9.72. The van der Waals surface area contributed by atoms with Gasteiger partial charge in [0.1, 0.15) is 23.3 Å². The number of piperidine rings is 1. The predicted molar refractivity (Wildman–Crippen MR) is 162 cm³/mol. The molecule has 2 fully saturated rings. The third-order valence-corrected chi connectivity index (χ3v) is 7.22. The van der Waals surface area contributed by atoms with Crippen LogP contribution in [-0.2, 0) is 15.5 Å². The molecule has 2 aliphatic heterocycles. The maximum atomic E-state index is 12.7. The molecule has 43 heavy (non-hydrogen) atoms. The summed E-state index contributed by atoms with van der Waals surface area (Å²) in [7, 11) is -1.46. The molecule has 3 amide bonds. The van der Waals surface area contributed by atoms with Gasteiger partial charge in [-0.2, -0.15) is 8.42 Å². The number of ether oxygens (including phenoxy) is 1. The summed E-state index contributed by atoms with van der Waals surface area (Å²) in [5, 5.41) is 12.1. The molecule has 5 rings (SSSR count). The Morgan fingerprint density at radius 1 is 1.00 bits per heavy atom. The minimum Gasteiger partial charge on any atom is -0.489 e. The minimum absolute atomic E-state index is 0.191. The Hall–Kier alpha value is -4.01. The lowest BCUT2D eigenvalue weighted by Crippen LogP contribution is -2.43. The van der Waals surface area contributed by atoms with Crippen LogP contribution >= 0.6 is 0 Å². The van der Waals surface area contributed by atoms with Crippen molar-refractivity contribution >= 4 is 39.2 Å². The summed E-state index contributed by atoms with van der Waals surface area (Å²) in [6, 6.07) is 12.7. The number of hydrogen-bond acceptors (Lipinski definition) is 9. The van der Waals surface area contributed by atoms with Crippen LogP contribution in [-0.4, -0.2) is 71.4 Å². The molecule has 13 nitrogen and oxygen atoms in total. The van der Waals surface area contributed by atoms with Crippen molar-refractivity contribution in [3.05, 3.63) is 60.1 Å². The number of aromatic nitrogens is 2. The van der Waals surface area contributed by atoms with E-state index >= 15 is 0 Å². The molecule has 0 radical (unpaired) electrons. The molecular weight excluding hydrogens is 576 g/mol. The van der Waals surface area contributed by atoms with Crippen molar-refractivity contribution < 1.29 is 31.8 Å². The fourth-order valence-electron chi connectivity index (χ4n) is 5.03. The zero-order valence-electron chi connectivity index (χ0n) is 24.8. The second-order valence-corrected chi connectivity index (χ2v) is 13.3. The first kappa shape index (κ1) is 31.9. The maximum Gasteiger partial charge on any atom is 0.324 e. The fourth-order valence-corrected chi connectivity index (χ4v) is 5.03. The van der Waals surface area contributed by atoms with Crippen molar-refractivity contribution in [2.45, 2.75) is 70.1 Å². The molecule has 0 spiro atoms. The molecule has 3 atom stereocenters. The average molecular weight is 615 g/mol. The Balaban J connectivity index is 0.000000782. The first-order valence-corrected chi connectivity index (χ1v) is 15.7. The summed E-state index contributed by atoms with van der Waals surface area (Å²) >= 11 is 0. The SMILES string of the molecule is CN1[C@@H]2CC[C@H]1CC(Oc1ccc(C(=O)Nc3ccc(NC(=O)Nc4cc(C(C)(C)C)on4)cc3)nc1)C2.CS(=O)(=O)O. The molecule has 3 aromatic rings. The standard InChI is InChI=1S/C28H34N6O4.CH4O3S/c1-28(2,3)24-15-25(33-38-24)32-27(36)31-18-7-5-17(6-8-18)30-26(35)23-12-11-21(16-29-23)37-22-13-19-9-10-20(14-22)34(19)4;1-5(2,3)4/h5-8,11-12,15-16,19-20,22H,9-10,13-14H2,1-4H3,(H,30,35)(H2,31,32,33,36);1H3,(H,2,3,4)/t19-,20+,22?;. The lowest BCUT2D eigenvalue weighted by molar-refractivity contribution is 0.0659. The molecule has 0 saturated carbocycles. The van der Waals surface area contributed by atoms with E-state index in [2.05, 4.69) is 38.0 Å². The van der Waals surface area contributed by atoms with Gasteiger partial charge in [-0.15, -0.1) is 0 Å². The highest BCUT2D eigenvalue weighted by Gasteiger charge is 2.39. The number of pyridine rings is 1. The van der Waals surface area contributed by atoms with Crippen molar-refractivity contribution in [1.82, 2.24) is 15.0 Å². The third kappa shape index (κ3) is 9.49. The van der Waals surface area contributed by atoms with Gasteiger partial charge in [0, 0.05) is 34.9 Å². The summed E-state index contributed by atoms with van der Waals surface area (Å²) in [5.74, 6) is 1.37. The van der Waals surface area contributed by atoms with Crippen LogP contribution in [0, 0.1) is 0 Å². The molecule has 14 heteroatoms. The normalized spacial score (nSPS) is 20.0.